The lowest BCUT2D eigenvalue weighted by atomic mass is 9.85. The van der Waals surface area contributed by atoms with Crippen molar-refractivity contribution in [2.75, 3.05) is 0 Å². The van der Waals surface area contributed by atoms with E-state index in [1.807, 2.05) is 4.57 Å². The molecule has 20 heavy (non-hydrogen) atoms. The fourth-order valence-corrected chi connectivity index (χ4v) is 2.57. The number of aryl methyl sites for hydroxylation is 1. The Morgan fingerprint density at radius 2 is 2.15 bits per heavy atom. The maximum absolute atomic E-state index is 12.2. The molecule has 3 atom stereocenters. The number of hydrogen-bond donors (Lipinski definition) is 3. The molecule has 1 aromatic heterocycles. The third kappa shape index (κ3) is 2.24. The van der Waals surface area contributed by atoms with Gasteiger partial charge in [-0.3, -0.25) is 0 Å². The zero-order valence-corrected chi connectivity index (χ0v) is 11.9. The number of rotatable bonds is 4. The van der Waals surface area contributed by atoms with Gasteiger partial charge in [-0.2, -0.15) is 0 Å². The van der Waals surface area contributed by atoms with E-state index in [4.69, 9.17) is 4.74 Å². The summed E-state index contributed by atoms with van der Waals surface area (Å²) in [5.41, 5.74) is -1.44. The first-order valence-electron chi connectivity index (χ1n) is 6.78. The summed E-state index contributed by atoms with van der Waals surface area (Å²) in [6, 6.07) is 1.58. The highest BCUT2D eigenvalue weighted by Crippen LogP contribution is 2.35. The number of aromatic nitrogens is 1. The molecule has 2 rings (SSSR count). The fraction of sp³-hybridized carbons (Fsp3) is 0.643. The van der Waals surface area contributed by atoms with Gasteiger partial charge in [0.15, 0.2) is 11.4 Å². The summed E-state index contributed by atoms with van der Waals surface area (Å²) in [4.78, 5) is 12.2. The van der Waals surface area contributed by atoms with E-state index < -0.39 is 29.7 Å². The maximum Gasteiger partial charge on any atom is 0.346 e. The number of aliphatic hydroxyl groups excluding tert-OH is 2. The van der Waals surface area contributed by atoms with Crippen LogP contribution in [0.4, 0.5) is 0 Å². The number of aliphatic hydroxyl groups is 3. The first-order chi connectivity index (χ1) is 9.28. The molecule has 6 heteroatoms. The minimum Gasteiger partial charge on any atom is -0.422 e. The van der Waals surface area contributed by atoms with Crippen LogP contribution in [0, 0.1) is 5.92 Å². The van der Waals surface area contributed by atoms with E-state index in [0.29, 0.717) is 18.7 Å². The normalized spacial score (nSPS) is 22.4. The first-order valence-corrected chi connectivity index (χ1v) is 6.78. The number of carbonyl (C=O) groups is 1. The van der Waals surface area contributed by atoms with Crippen molar-refractivity contribution in [2.45, 2.75) is 51.5 Å². The summed E-state index contributed by atoms with van der Waals surface area (Å²) in [5.74, 6) is -1.18. The molecule has 1 aliphatic heterocycles. The van der Waals surface area contributed by atoms with Gasteiger partial charge in [0, 0.05) is 12.7 Å². The Hall–Kier alpha value is -1.37. The number of hydrogen-bond acceptors (Lipinski definition) is 5. The van der Waals surface area contributed by atoms with Gasteiger partial charge in [0.05, 0.1) is 17.9 Å². The summed E-state index contributed by atoms with van der Waals surface area (Å²) < 4.78 is 7.04. The second kappa shape index (κ2) is 5.20. The zero-order chi connectivity index (χ0) is 15.1. The standard InChI is InChI=1S/C14H21NO5/c1-8(2)14(19,9(3)16)13(18)20-11-5-7-15-6-4-10(17)12(11)15/h5,7-10,16-17,19H,4,6H2,1-3H3/t9-,10+,14-/m0/s1. The topological polar surface area (TPSA) is 91.9 Å². The van der Waals surface area contributed by atoms with E-state index in [2.05, 4.69) is 0 Å². The smallest absolute Gasteiger partial charge is 0.346 e. The van der Waals surface area contributed by atoms with Crippen LogP contribution >= 0.6 is 0 Å². The van der Waals surface area contributed by atoms with Gasteiger partial charge in [-0.05, 0) is 25.3 Å². The highest BCUT2D eigenvalue weighted by Gasteiger charge is 2.46. The molecule has 0 bridgehead atoms. The van der Waals surface area contributed by atoms with Gasteiger partial charge in [0.25, 0.3) is 0 Å². The van der Waals surface area contributed by atoms with Crippen LogP contribution in [0.25, 0.3) is 0 Å². The lowest BCUT2D eigenvalue weighted by molar-refractivity contribution is -0.174. The van der Waals surface area contributed by atoms with Crippen LogP contribution in [-0.2, 0) is 11.3 Å². The molecule has 0 aliphatic carbocycles. The maximum atomic E-state index is 12.2. The Labute approximate surface area is 117 Å². The number of ether oxygens (including phenoxy) is 1. The lowest BCUT2D eigenvalue weighted by Crippen LogP contribution is -2.54. The van der Waals surface area contributed by atoms with Crippen LogP contribution in [0.1, 0.15) is 39.0 Å². The quantitative estimate of drug-likeness (QED) is 0.704. The number of fused-ring (bicyclic) bond motifs is 1. The molecule has 2 heterocycles. The molecule has 1 aromatic rings. The van der Waals surface area contributed by atoms with Gasteiger partial charge in [0.2, 0.25) is 0 Å². The summed E-state index contributed by atoms with van der Waals surface area (Å²) in [6.45, 7) is 5.28. The van der Waals surface area contributed by atoms with E-state index in [9.17, 15) is 20.1 Å². The second-order valence-electron chi connectivity index (χ2n) is 5.61. The third-order valence-corrected chi connectivity index (χ3v) is 3.97. The third-order valence-electron chi connectivity index (χ3n) is 3.97. The Morgan fingerprint density at radius 1 is 1.50 bits per heavy atom. The molecule has 3 N–H and O–H groups in total. The summed E-state index contributed by atoms with van der Waals surface area (Å²) in [7, 11) is 0. The van der Waals surface area contributed by atoms with Crippen molar-refractivity contribution < 1.29 is 24.9 Å². The van der Waals surface area contributed by atoms with Gasteiger partial charge >= 0.3 is 5.97 Å². The Kier molecular flexibility index (Phi) is 3.90. The van der Waals surface area contributed by atoms with Gasteiger partial charge < -0.3 is 24.6 Å². The van der Waals surface area contributed by atoms with Crippen LogP contribution in [0.2, 0.25) is 0 Å². The molecule has 1 aliphatic rings. The first kappa shape index (κ1) is 15.0. The summed E-state index contributed by atoms with van der Waals surface area (Å²) in [6.07, 6.45) is 0.373. The van der Waals surface area contributed by atoms with Crippen molar-refractivity contribution in [3.05, 3.63) is 18.0 Å². The van der Waals surface area contributed by atoms with Crippen molar-refractivity contribution in [1.29, 1.82) is 0 Å². The van der Waals surface area contributed by atoms with Crippen LogP contribution < -0.4 is 4.74 Å². The molecule has 0 radical (unpaired) electrons. The zero-order valence-electron chi connectivity index (χ0n) is 11.9. The molecule has 0 amide bonds. The fourth-order valence-electron chi connectivity index (χ4n) is 2.57. The molecule has 112 valence electrons. The average Bonchev–Trinajstić information content (AvgIpc) is 2.92. The van der Waals surface area contributed by atoms with Crippen molar-refractivity contribution in [3.8, 4) is 5.75 Å². The van der Waals surface area contributed by atoms with E-state index in [-0.39, 0.29) is 5.75 Å². The molecule has 0 aromatic carbocycles. The van der Waals surface area contributed by atoms with Gasteiger partial charge in [-0.15, -0.1) is 0 Å². The highest BCUT2D eigenvalue weighted by molar-refractivity contribution is 5.82. The van der Waals surface area contributed by atoms with Crippen LogP contribution in [0.5, 0.6) is 5.75 Å². The Balaban J connectivity index is 2.24. The van der Waals surface area contributed by atoms with Crippen LogP contribution in [-0.4, -0.2) is 37.6 Å². The summed E-state index contributed by atoms with van der Waals surface area (Å²) >= 11 is 0. The van der Waals surface area contributed by atoms with E-state index >= 15 is 0 Å². The minimum atomic E-state index is -1.97. The Morgan fingerprint density at radius 3 is 2.70 bits per heavy atom. The molecule has 0 saturated heterocycles. The van der Waals surface area contributed by atoms with Gasteiger partial charge in [0.1, 0.15) is 0 Å². The van der Waals surface area contributed by atoms with Gasteiger partial charge in [-0.1, -0.05) is 13.8 Å². The van der Waals surface area contributed by atoms with E-state index in [1.54, 1.807) is 26.1 Å². The van der Waals surface area contributed by atoms with E-state index in [0.717, 1.165) is 0 Å². The van der Waals surface area contributed by atoms with Gasteiger partial charge in [-0.25, -0.2) is 4.79 Å². The van der Waals surface area contributed by atoms with Crippen molar-refractivity contribution in [3.63, 3.8) is 0 Å². The molecule has 0 unspecified atom stereocenters. The molecule has 6 nitrogen and oxygen atoms in total. The molecule has 0 spiro atoms. The number of esters is 1. The number of nitrogens with zero attached hydrogens (tertiary/aromatic N) is 1. The van der Waals surface area contributed by atoms with Crippen molar-refractivity contribution >= 4 is 5.97 Å². The van der Waals surface area contributed by atoms with Crippen molar-refractivity contribution in [1.82, 2.24) is 4.57 Å². The molecular weight excluding hydrogens is 262 g/mol. The molecule has 0 fully saturated rings. The Bertz CT molecular complexity index is 498. The highest BCUT2D eigenvalue weighted by atomic mass is 16.6. The predicted octanol–water partition coefficient (Wildman–Crippen LogP) is 0.599. The number of carbonyl (C=O) groups excluding carboxylic acids is 1. The van der Waals surface area contributed by atoms with Crippen LogP contribution in [0.3, 0.4) is 0 Å². The van der Waals surface area contributed by atoms with Crippen molar-refractivity contribution in [2.24, 2.45) is 5.92 Å². The minimum absolute atomic E-state index is 0.236. The predicted molar refractivity (Wildman–Crippen MR) is 71.1 cm³/mol. The average molecular weight is 283 g/mol. The van der Waals surface area contributed by atoms with E-state index in [1.165, 1.54) is 6.92 Å². The molecular formula is C14H21NO5. The lowest BCUT2D eigenvalue weighted by Gasteiger charge is -2.32. The monoisotopic (exact) mass is 283 g/mol. The summed E-state index contributed by atoms with van der Waals surface area (Å²) in [5, 5.41) is 29.9. The molecule has 0 saturated carbocycles. The second-order valence-corrected chi connectivity index (χ2v) is 5.61. The largest absolute Gasteiger partial charge is 0.422 e. The van der Waals surface area contributed by atoms with Crippen LogP contribution in [0.15, 0.2) is 12.3 Å². The SMILES string of the molecule is CC(C)[C@@](O)(C(=O)Oc1ccn2c1[C@H](O)CC2)[C@H](C)O.